The largest absolute Gasteiger partial charge is 0.493 e. The average Bonchev–Trinajstić information content (AvgIpc) is 2.91. The molecule has 0 bridgehead atoms. The molecule has 0 aliphatic carbocycles. The molecule has 1 unspecified atom stereocenters. The predicted molar refractivity (Wildman–Crippen MR) is 81.7 cm³/mol. The van der Waals surface area contributed by atoms with Crippen molar-refractivity contribution >= 4 is 11.3 Å². The lowest BCUT2D eigenvalue weighted by Gasteiger charge is -2.13. The molecular formula is C15H20N2O2S. The van der Waals surface area contributed by atoms with Crippen molar-refractivity contribution in [2.45, 2.75) is 26.4 Å². The number of benzene rings is 1. The Labute approximate surface area is 123 Å². The molecule has 0 saturated carbocycles. The summed E-state index contributed by atoms with van der Waals surface area (Å²) in [6, 6.07) is 6.19. The highest BCUT2D eigenvalue weighted by atomic mass is 32.1. The maximum absolute atomic E-state index is 5.31. The first-order valence-corrected chi connectivity index (χ1v) is 7.38. The Hall–Kier alpha value is -1.59. The van der Waals surface area contributed by atoms with Crippen molar-refractivity contribution in [1.29, 1.82) is 0 Å². The highest BCUT2D eigenvalue weighted by Crippen LogP contribution is 2.27. The van der Waals surface area contributed by atoms with Gasteiger partial charge in [0.15, 0.2) is 11.5 Å². The third-order valence-corrected chi connectivity index (χ3v) is 4.21. The number of aryl methyl sites for hydroxylation is 1. The summed E-state index contributed by atoms with van der Waals surface area (Å²) >= 11 is 1.69. The molecule has 0 aliphatic rings. The number of methoxy groups -OCH3 is 2. The topological polar surface area (TPSA) is 43.4 Å². The second-order valence-electron chi connectivity index (χ2n) is 4.62. The zero-order chi connectivity index (χ0) is 14.5. The lowest BCUT2D eigenvalue weighted by Crippen LogP contribution is -2.18. The van der Waals surface area contributed by atoms with Gasteiger partial charge in [-0.05, 0) is 31.5 Å². The average molecular weight is 292 g/mol. The molecule has 0 radical (unpaired) electrons. The Morgan fingerprint density at radius 3 is 2.60 bits per heavy atom. The van der Waals surface area contributed by atoms with Crippen LogP contribution in [0.2, 0.25) is 0 Å². The van der Waals surface area contributed by atoms with Gasteiger partial charge in [0.2, 0.25) is 0 Å². The van der Waals surface area contributed by atoms with Gasteiger partial charge in [0, 0.05) is 17.6 Å². The fourth-order valence-corrected chi connectivity index (χ4v) is 2.75. The maximum Gasteiger partial charge on any atom is 0.161 e. The van der Waals surface area contributed by atoms with Crippen molar-refractivity contribution in [2.24, 2.45) is 0 Å². The second-order valence-corrected chi connectivity index (χ2v) is 5.51. The van der Waals surface area contributed by atoms with Crippen LogP contribution in [0.4, 0.5) is 0 Å². The molecule has 2 rings (SSSR count). The van der Waals surface area contributed by atoms with Gasteiger partial charge in [-0.2, -0.15) is 0 Å². The molecule has 1 N–H and O–H groups in total. The van der Waals surface area contributed by atoms with Gasteiger partial charge < -0.3 is 14.8 Å². The minimum absolute atomic E-state index is 0.238. The summed E-state index contributed by atoms with van der Waals surface area (Å²) < 4.78 is 10.5. The SMILES string of the molecule is COc1ccc(CNC(C)c2nc(C)cs2)cc1OC. The second kappa shape index (κ2) is 6.72. The minimum atomic E-state index is 0.238. The number of ether oxygens (including phenoxy) is 2. The Balaban J connectivity index is 2.00. The van der Waals surface area contributed by atoms with Crippen molar-refractivity contribution in [2.75, 3.05) is 14.2 Å². The Bertz CT molecular complexity index is 569. The summed E-state index contributed by atoms with van der Waals surface area (Å²) in [6.07, 6.45) is 0. The number of hydrogen-bond donors (Lipinski definition) is 1. The Kier molecular flexibility index (Phi) is 4.98. The zero-order valence-corrected chi connectivity index (χ0v) is 13.1. The van der Waals surface area contributed by atoms with Gasteiger partial charge in [-0.25, -0.2) is 4.98 Å². The number of nitrogens with zero attached hydrogens (tertiary/aromatic N) is 1. The molecule has 1 heterocycles. The standard InChI is InChI=1S/C15H20N2O2S/c1-10-9-20-15(17-10)11(2)16-8-12-5-6-13(18-3)14(7-12)19-4/h5-7,9,11,16H,8H2,1-4H3. The van der Waals surface area contributed by atoms with E-state index in [1.54, 1.807) is 25.6 Å². The van der Waals surface area contributed by atoms with Crippen LogP contribution < -0.4 is 14.8 Å². The molecule has 0 fully saturated rings. The van der Waals surface area contributed by atoms with Gasteiger partial charge >= 0.3 is 0 Å². The highest BCUT2D eigenvalue weighted by Gasteiger charge is 2.10. The molecule has 0 aliphatic heterocycles. The molecule has 1 aromatic heterocycles. The van der Waals surface area contributed by atoms with E-state index in [0.717, 1.165) is 34.3 Å². The van der Waals surface area contributed by atoms with Crippen LogP contribution in [0, 0.1) is 6.92 Å². The van der Waals surface area contributed by atoms with Crippen molar-refractivity contribution in [3.63, 3.8) is 0 Å². The first-order chi connectivity index (χ1) is 9.63. The monoisotopic (exact) mass is 292 g/mol. The van der Waals surface area contributed by atoms with Crippen LogP contribution in [0.15, 0.2) is 23.6 Å². The van der Waals surface area contributed by atoms with Gasteiger partial charge in [0.05, 0.1) is 20.3 Å². The number of thiazole rings is 1. The van der Waals surface area contributed by atoms with Crippen LogP contribution in [0.25, 0.3) is 0 Å². The quantitative estimate of drug-likeness (QED) is 0.887. The lowest BCUT2D eigenvalue weighted by molar-refractivity contribution is 0.354. The Morgan fingerprint density at radius 1 is 1.25 bits per heavy atom. The van der Waals surface area contributed by atoms with Crippen molar-refractivity contribution < 1.29 is 9.47 Å². The van der Waals surface area contributed by atoms with Gasteiger partial charge in [0.1, 0.15) is 5.01 Å². The number of hydrogen-bond acceptors (Lipinski definition) is 5. The van der Waals surface area contributed by atoms with Crippen molar-refractivity contribution in [3.05, 3.63) is 39.8 Å². The summed E-state index contributed by atoms with van der Waals surface area (Å²) in [5.74, 6) is 1.50. The van der Waals surface area contributed by atoms with E-state index in [2.05, 4.69) is 22.6 Å². The summed E-state index contributed by atoms with van der Waals surface area (Å²) in [5, 5.41) is 6.66. The van der Waals surface area contributed by atoms with E-state index in [-0.39, 0.29) is 6.04 Å². The van der Waals surface area contributed by atoms with Crippen LogP contribution in [-0.2, 0) is 6.54 Å². The molecule has 5 heteroatoms. The van der Waals surface area contributed by atoms with E-state index in [1.807, 2.05) is 25.1 Å². The summed E-state index contributed by atoms with van der Waals surface area (Å²) in [7, 11) is 3.29. The molecule has 20 heavy (non-hydrogen) atoms. The molecule has 1 atom stereocenters. The molecule has 108 valence electrons. The van der Waals surface area contributed by atoms with E-state index in [1.165, 1.54) is 0 Å². The first kappa shape index (κ1) is 14.8. The molecule has 0 saturated heterocycles. The third kappa shape index (κ3) is 3.49. The van der Waals surface area contributed by atoms with Crippen LogP contribution >= 0.6 is 11.3 Å². The number of nitrogens with one attached hydrogen (secondary N) is 1. The fourth-order valence-electron chi connectivity index (χ4n) is 1.92. The van der Waals surface area contributed by atoms with Crippen LogP contribution in [0.3, 0.4) is 0 Å². The summed E-state index contributed by atoms with van der Waals surface area (Å²) in [5.41, 5.74) is 2.23. The van der Waals surface area contributed by atoms with Gasteiger partial charge in [0.25, 0.3) is 0 Å². The molecular weight excluding hydrogens is 272 g/mol. The van der Waals surface area contributed by atoms with Crippen molar-refractivity contribution in [1.82, 2.24) is 10.3 Å². The summed E-state index contributed by atoms with van der Waals surface area (Å²) in [6.45, 7) is 4.90. The van der Waals surface area contributed by atoms with E-state index in [0.29, 0.717) is 0 Å². The van der Waals surface area contributed by atoms with Gasteiger partial charge in [-0.1, -0.05) is 6.07 Å². The minimum Gasteiger partial charge on any atom is -0.493 e. The molecule has 1 aromatic carbocycles. The predicted octanol–water partition coefficient (Wildman–Crippen LogP) is 3.32. The van der Waals surface area contributed by atoms with E-state index in [4.69, 9.17) is 9.47 Å². The number of aromatic nitrogens is 1. The summed E-state index contributed by atoms with van der Waals surface area (Å²) in [4.78, 5) is 4.50. The van der Waals surface area contributed by atoms with Crippen LogP contribution in [-0.4, -0.2) is 19.2 Å². The molecule has 0 spiro atoms. The molecule has 4 nitrogen and oxygen atoms in total. The Morgan fingerprint density at radius 2 is 2.00 bits per heavy atom. The van der Waals surface area contributed by atoms with E-state index < -0.39 is 0 Å². The highest BCUT2D eigenvalue weighted by molar-refractivity contribution is 7.09. The maximum atomic E-state index is 5.31. The number of rotatable bonds is 6. The molecule has 2 aromatic rings. The zero-order valence-electron chi connectivity index (χ0n) is 12.3. The van der Waals surface area contributed by atoms with E-state index >= 15 is 0 Å². The fraction of sp³-hybridized carbons (Fsp3) is 0.400. The first-order valence-electron chi connectivity index (χ1n) is 6.50. The van der Waals surface area contributed by atoms with Crippen molar-refractivity contribution in [3.8, 4) is 11.5 Å². The third-order valence-electron chi connectivity index (χ3n) is 3.07. The molecule has 0 amide bonds. The normalized spacial score (nSPS) is 12.2. The van der Waals surface area contributed by atoms with Crippen LogP contribution in [0.1, 0.15) is 29.2 Å². The smallest absolute Gasteiger partial charge is 0.161 e. The van der Waals surface area contributed by atoms with E-state index in [9.17, 15) is 0 Å². The van der Waals surface area contributed by atoms with Crippen LogP contribution in [0.5, 0.6) is 11.5 Å². The van der Waals surface area contributed by atoms with Gasteiger partial charge in [-0.3, -0.25) is 0 Å². The van der Waals surface area contributed by atoms with Gasteiger partial charge in [-0.15, -0.1) is 11.3 Å². The lowest BCUT2D eigenvalue weighted by atomic mass is 10.2.